The SMILES string of the molecule is CN(C)Cc1cnn2c1CN(C(=O)CCS)CC2. The van der Waals surface area contributed by atoms with Crippen molar-refractivity contribution in [2.45, 2.75) is 26.1 Å². The molecule has 0 radical (unpaired) electrons. The van der Waals surface area contributed by atoms with Gasteiger partial charge in [-0.3, -0.25) is 9.48 Å². The highest BCUT2D eigenvalue weighted by atomic mass is 32.1. The van der Waals surface area contributed by atoms with Crippen molar-refractivity contribution >= 4 is 18.5 Å². The molecule has 0 atom stereocenters. The number of hydrogen-bond donors (Lipinski definition) is 1. The van der Waals surface area contributed by atoms with E-state index in [-0.39, 0.29) is 5.91 Å². The summed E-state index contributed by atoms with van der Waals surface area (Å²) in [6, 6.07) is 0. The van der Waals surface area contributed by atoms with E-state index in [1.807, 2.05) is 29.9 Å². The van der Waals surface area contributed by atoms with E-state index in [0.717, 1.165) is 19.6 Å². The Hall–Kier alpha value is -1.01. The average molecular weight is 268 g/mol. The van der Waals surface area contributed by atoms with Gasteiger partial charge in [-0.1, -0.05) is 0 Å². The first-order valence-electron chi connectivity index (χ1n) is 6.18. The molecule has 0 saturated heterocycles. The lowest BCUT2D eigenvalue weighted by Crippen LogP contribution is -2.39. The first kappa shape index (κ1) is 13.4. The molecular weight excluding hydrogens is 248 g/mol. The van der Waals surface area contributed by atoms with Crippen LogP contribution in [0, 0.1) is 0 Å². The van der Waals surface area contributed by atoms with Crippen molar-refractivity contribution in [2.75, 3.05) is 26.4 Å². The van der Waals surface area contributed by atoms with Gasteiger partial charge in [0.2, 0.25) is 5.91 Å². The molecule has 5 nitrogen and oxygen atoms in total. The van der Waals surface area contributed by atoms with E-state index in [1.54, 1.807) is 0 Å². The van der Waals surface area contributed by atoms with E-state index in [9.17, 15) is 4.79 Å². The number of fused-ring (bicyclic) bond motifs is 1. The van der Waals surface area contributed by atoms with Crippen molar-refractivity contribution in [1.82, 2.24) is 19.6 Å². The van der Waals surface area contributed by atoms with Crippen molar-refractivity contribution in [2.24, 2.45) is 0 Å². The topological polar surface area (TPSA) is 41.4 Å². The Bertz CT molecular complexity index is 430. The average Bonchev–Trinajstić information content (AvgIpc) is 2.71. The smallest absolute Gasteiger partial charge is 0.223 e. The molecule has 0 saturated carbocycles. The monoisotopic (exact) mass is 268 g/mol. The summed E-state index contributed by atoms with van der Waals surface area (Å²) in [6.45, 7) is 3.09. The molecule has 0 fully saturated rings. The van der Waals surface area contributed by atoms with E-state index in [1.165, 1.54) is 11.3 Å². The molecule has 1 aromatic heterocycles. The van der Waals surface area contributed by atoms with E-state index >= 15 is 0 Å². The summed E-state index contributed by atoms with van der Waals surface area (Å²) in [5.41, 5.74) is 2.38. The number of nitrogens with zero attached hydrogens (tertiary/aromatic N) is 4. The zero-order chi connectivity index (χ0) is 13.1. The minimum atomic E-state index is 0.188. The summed E-state index contributed by atoms with van der Waals surface area (Å²) < 4.78 is 2.02. The molecular formula is C12H20N4OS. The number of hydrogen-bond acceptors (Lipinski definition) is 4. The second-order valence-electron chi connectivity index (χ2n) is 4.87. The van der Waals surface area contributed by atoms with Crippen LogP contribution in [0.2, 0.25) is 0 Å². The Balaban J connectivity index is 2.11. The van der Waals surface area contributed by atoms with E-state index < -0.39 is 0 Å². The third-order valence-electron chi connectivity index (χ3n) is 3.12. The Labute approximate surface area is 113 Å². The number of carbonyl (C=O) groups is 1. The van der Waals surface area contributed by atoms with E-state index in [4.69, 9.17) is 0 Å². The van der Waals surface area contributed by atoms with Crippen LogP contribution in [0.25, 0.3) is 0 Å². The van der Waals surface area contributed by atoms with Crippen molar-refractivity contribution in [3.63, 3.8) is 0 Å². The predicted molar refractivity (Wildman–Crippen MR) is 73.5 cm³/mol. The minimum Gasteiger partial charge on any atom is -0.335 e. The molecule has 0 aliphatic carbocycles. The highest BCUT2D eigenvalue weighted by molar-refractivity contribution is 7.80. The number of rotatable bonds is 4. The van der Waals surface area contributed by atoms with Gasteiger partial charge in [0.05, 0.1) is 25.0 Å². The van der Waals surface area contributed by atoms with Gasteiger partial charge >= 0.3 is 0 Å². The summed E-state index contributed by atoms with van der Waals surface area (Å²) in [6.07, 6.45) is 2.43. The van der Waals surface area contributed by atoms with Gasteiger partial charge in [0.15, 0.2) is 0 Å². The second kappa shape index (κ2) is 5.75. The lowest BCUT2D eigenvalue weighted by atomic mass is 10.2. The fourth-order valence-corrected chi connectivity index (χ4v) is 2.43. The molecule has 1 aliphatic heterocycles. The molecule has 18 heavy (non-hydrogen) atoms. The fourth-order valence-electron chi connectivity index (χ4n) is 2.24. The van der Waals surface area contributed by atoms with E-state index in [2.05, 4.69) is 22.6 Å². The lowest BCUT2D eigenvalue weighted by molar-refractivity contribution is -0.132. The number of carbonyl (C=O) groups excluding carboxylic acids is 1. The predicted octanol–water partition coefficient (Wildman–Crippen LogP) is 0.607. The highest BCUT2D eigenvalue weighted by Crippen LogP contribution is 2.18. The normalized spacial score (nSPS) is 15.0. The molecule has 0 unspecified atom stereocenters. The third kappa shape index (κ3) is 2.87. The Morgan fingerprint density at radius 1 is 1.50 bits per heavy atom. The number of aromatic nitrogens is 2. The van der Waals surface area contributed by atoms with Crippen LogP contribution < -0.4 is 0 Å². The molecule has 2 rings (SSSR count). The Kier molecular flexibility index (Phi) is 4.29. The minimum absolute atomic E-state index is 0.188. The van der Waals surface area contributed by atoms with Crippen LogP contribution in [0.15, 0.2) is 6.20 Å². The van der Waals surface area contributed by atoms with Crippen LogP contribution in [0.3, 0.4) is 0 Å². The van der Waals surface area contributed by atoms with Crippen LogP contribution >= 0.6 is 12.6 Å². The zero-order valence-electron chi connectivity index (χ0n) is 11.0. The standard InChI is InChI=1S/C12H20N4OS/c1-14(2)8-10-7-13-16-5-4-15(9-11(10)16)12(17)3-6-18/h7,18H,3-6,8-9H2,1-2H3. The van der Waals surface area contributed by atoms with Gasteiger partial charge in [-0.15, -0.1) is 0 Å². The highest BCUT2D eigenvalue weighted by Gasteiger charge is 2.23. The Morgan fingerprint density at radius 3 is 2.94 bits per heavy atom. The zero-order valence-corrected chi connectivity index (χ0v) is 11.9. The molecule has 0 bridgehead atoms. The van der Waals surface area contributed by atoms with Crippen LogP contribution in [0.1, 0.15) is 17.7 Å². The maximum Gasteiger partial charge on any atom is 0.223 e. The van der Waals surface area contributed by atoms with Crippen molar-refractivity contribution in [1.29, 1.82) is 0 Å². The number of thiol groups is 1. The van der Waals surface area contributed by atoms with Crippen molar-refractivity contribution < 1.29 is 4.79 Å². The second-order valence-corrected chi connectivity index (χ2v) is 5.31. The quantitative estimate of drug-likeness (QED) is 0.813. The summed E-state index contributed by atoms with van der Waals surface area (Å²) in [7, 11) is 4.08. The molecule has 100 valence electrons. The maximum absolute atomic E-state index is 11.9. The van der Waals surface area contributed by atoms with E-state index in [0.29, 0.717) is 18.7 Å². The van der Waals surface area contributed by atoms with Gasteiger partial charge in [0.1, 0.15) is 0 Å². The molecule has 1 amide bonds. The molecule has 1 aromatic rings. The largest absolute Gasteiger partial charge is 0.335 e. The van der Waals surface area contributed by atoms with Crippen molar-refractivity contribution in [3.05, 3.63) is 17.5 Å². The van der Waals surface area contributed by atoms with Gasteiger partial charge in [0.25, 0.3) is 0 Å². The molecule has 6 heteroatoms. The van der Waals surface area contributed by atoms with Gasteiger partial charge in [0, 0.05) is 25.1 Å². The van der Waals surface area contributed by atoms with Gasteiger partial charge in [-0.25, -0.2) is 0 Å². The summed E-state index contributed by atoms with van der Waals surface area (Å²) in [5.74, 6) is 0.798. The van der Waals surface area contributed by atoms with Gasteiger partial charge in [-0.2, -0.15) is 17.7 Å². The first-order valence-corrected chi connectivity index (χ1v) is 6.82. The van der Waals surface area contributed by atoms with Crippen LogP contribution in [0.4, 0.5) is 0 Å². The fraction of sp³-hybridized carbons (Fsp3) is 0.667. The number of amides is 1. The molecule has 0 N–H and O–H groups in total. The summed E-state index contributed by atoms with van der Waals surface area (Å²) >= 11 is 4.12. The molecule has 0 aromatic carbocycles. The summed E-state index contributed by atoms with van der Waals surface area (Å²) in [4.78, 5) is 15.9. The van der Waals surface area contributed by atoms with Crippen LogP contribution in [-0.4, -0.2) is 51.9 Å². The Morgan fingerprint density at radius 2 is 2.28 bits per heavy atom. The van der Waals surface area contributed by atoms with Crippen LogP contribution in [0.5, 0.6) is 0 Å². The molecule has 1 aliphatic rings. The van der Waals surface area contributed by atoms with Gasteiger partial charge < -0.3 is 9.80 Å². The summed E-state index contributed by atoms with van der Waals surface area (Å²) in [5, 5.41) is 4.39. The van der Waals surface area contributed by atoms with Crippen LogP contribution in [-0.2, 0) is 24.4 Å². The first-order chi connectivity index (χ1) is 8.61. The third-order valence-corrected chi connectivity index (χ3v) is 3.35. The van der Waals surface area contributed by atoms with Crippen molar-refractivity contribution in [3.8, 4) is 0 Å². The maximum atomic E-state index is 11.9. The molecule has 0 spiro atoms. The molecule has 2 heterocycles. The lowest BCUT2D eigenvalue weighted by Gasteiger charge is -2.28. The van der Waals surface area contributed by atoms with Gasteiger partial charge in [-0.05, 0) is 19.8 Å².